The monoisotopic (exact) mass is 464 g/mol. The molecule has 7 nitrogen and oxygen atoms in total. The second-order valence-electron chi connectivity index (χ2n) is 5.02. The SMILES string of the molecule is CCCSc1nnc(NC(=O)CN(c2ccc(Br)cc2)S(C)(=O)=O)s1. The molecule has 0 saturated carbocycles. The van der Waals surface area contributed by atoms with Gasteiger partial charge in [-0.3, -0.25) is 14.4 Å². The molecular weight excluding hydrogens is 448 g/mol. The van der Waals surface area contributed by atoms with E-state index in [4.69, 9.17) is 0 Å². The Morgan fingerprint density at radius 1 is 1.32 bits per heavy atom. The van der Waals surface area contributed by atoms with Gasteiger partial charge in [-0.05, 0) is 30.7 Å². The van der Waals surface area contributed by atoms with Crippen molar-refractivity contribution >= 4 is 65.8 Å². The fourth-order valence-electron chi connectivity index (χ4n) is 1.80. The second kappa shape index (κ2) is 8.97. The Morgan fingerprint density at radius 3 is 2.60 bits per heavy atom. The zero-order chi connectivity index (χ0) is 18.4. The van der Waals surface area contributed by atoms with Gasteiger partial charge in [-0.1, -0.05) is 46.0 Å². The standard InChI is InChI=1S/C14H17BrN4O3S3/c1-3-8-23-14-18-17-13(24-14)16-12(20)9-19(25(2,21)22)11-6-4-10(15)5-7-11/h4-7H,3,8-9H2,1-2H3,(H,16,17,20). The van der Waals surface area contributed by atoms with E-state index >= 15 is 0 Å². The molecule has 0 aliphatic rings. The van der Waals surface area contributed by atoms with Crippen LogP contribution in [0.3, 0.4) is 0 Å². The molecule has 1 aromatic heterocycles. The largest absolute Gasteiger partial charge is 0.299 e. The molecule has 1 aromatic carbocycles. The number of nitrogens with one attached hydrogen (secondary N) is 1. The van der Waals surface area contributed by atoms with Crippen LogP contribution in [0.25, 0.3) is 0 Å². The molecule has 25 heavy (non-hydrogen) atoms. The van der Waals surface area contributed by atoms with Crippen LogP contribution in [-0.2, 0) is 14.8 Å². The van der Waals surface area contributed by atoms with Crippen molar-refractivity contribution < 1.29 is 13.2 Å². The molecule has 1 heterocycles. The third-order valence-electron chi connectivity index (χ3n) is 2.88. The summed E-state index contributed by atoms with van der Waals surface area (Å²) in [7, 11) is -3.60. The van der Waals surface area contributed by atoms with Gasteiger partial charge in [-0.25, -0.2) is 8.42 Å². The van der Waals surface area contributed by atoms with E-state index in [2.05, 4.69) is 38.4 Å². The second-order valence-corrected chi connectivity index (χ2v) is 10.2. The van der Waals surface area contributed by atoms with Crippen molar-refractivity contribution in [2.24, 2.45) is 0 Å². The molecule has 0 unspecified atom stereocenters. The molecule has 0 bridgehead atoms. The normalized spacial score (nSPS) is 11.3. The van der Waals surface area contributed by atoms with Crippen LogP contribution in [0.2, 0.25) is 0 Å². The number of thioether (sulfide) groups is 1. The van der Waals surface area contributed by atoms with E-state index in [1.54, 1.807) is 36.0 Å². The van der Waals surface area contributed by atoms with Gasteiger partial charge in [0.15, 0.2) is 4.34 Å². The molecule has 2 rings (SSSR count). The van der Waals surface area contributed by atoms with E-state index in [0.29, 0.717) is 10.8 Å². The molecule has 0 saturated heterocycles. The van der Waals surface area contributed by atoms with E-state index in [-0.39, 0.29) is 6.54 Å². The van der Waals surface area contributed by atoms with Crippen LogP contribution in [0.5, 0.6) is 0 Å². The fourth-order valence-corrected chi connectivity index (χ4v) is 4.62. The van der Waals surface area contributed by atoms with E-state index in [0.717, 1.165) is 31.5 Å². The Labute approximate surface area is 163 Å². The van der Waals surface area contributed by atoms with Crippen molar-refractivity contribution in [3.8, 4) is 0 Å². The average Bonchev–Trinajstić information content (AvgIpc) is 2.98. The molecule has 0 atom stereocenters. The summed E-state index contributed by atoms with van der Waals surface area (Å²) >= 11 is 6.13. The highest BCUT2D eigenvalue weighted by molar-refractivity contribution is 9.10. The highest BCUT2D eigenvalue weighted by atomic mass is 79.9. The molecule has 1 N–H and O–H groups in total. The first-order valence-corrected chi connectivity index (χ1v) is 11.7. The number of aromatic nitrogens is 2. The maximum Gasteiger partial charge on any atom is 0.246 e. The molecular formula is C14H17BrN4O3S3. The lowest BCUT2D eigenvalue weighted by Crippen LogP contribution is -2.37. The number of halogens is 1. The van der Waals surface area contributed by atoms with Crippen molar-refractivity contribution in [2.45, 2.75) is 17.7 Å². The number of hydrogen-bond donors (Lipinski definition) is 1. The summed E-state index contributed by atoms with van der Waals surface area (Å²) in [5.74, 6) is 0.449. The van der Waals surface area contributed by atoms with Crippen molar-refractivity contribution in [3.05, 3.63) is 28.7 Å². The van der Waals surface area contributed by atoms with Gasteiger partial charge >= 0.3 is 0 Å². The Morgan fingerprint density at radius 2 is 2.00 bits per heavy atom. The zero-order valence-electron chi connectivity index (χ0n) is 13.6. The van der Waals surface area contributed by atoms with E-state index in [1.165, 1.54) is 11.3 Å². The first-order valence-electron chi connectivity index (χ1n) is 7.29. The molecule has 0 fully saturated rings. The smallest absolute Gasteiger partial charge is 0.246 e. The number of hydrogen-bond acceptors (Lipinski definition) is 7. The number of sulfonamides is 1. The van der Waals surface area contributed by atoms with E-state index in [9.17, 15) is 13.2 Å². The lowest BCUT2D eigenvalue weighted by molar-refractivity contribution is -0.114. The lowest BCUT2D eigenvalue weighted by Gasteiger charge is -2.21. The number of benzene rings is 1. The maximum absolute atomic E-state index is 12.2. The van der Waals surface area contributed by atoms with Crippen molar-refractivity contribution in [2.75, 3.05) is 28.2 Å². The maximum atomic E-state index is 12.2. The predicted molar refractivity (Wildman–Crippen MR) is 106 cm³/mol. The summed E-state index contributed by atoms with van der Waals surface area (Å²) in [6, 6.07) is 6.69. The highest BCUT2D eigenvalue weighted by Crippen LogP contribution is 2.26. The molecule has 0 radical (unpaired) electrons. The van der Waals surface area contributed by atoms with Gasteiger partial charge in [-0.15, -0.1) is 10.2 Å². The first kappa shape index (κ1) is 20.1. The molecule has 136 valence electrons. The minimum absolute atomic E-state index is 0.336. The summed E-state index contributed by atoms with van der Waals surface area (Å²) in [5, 5.41) is 10.8. The van der Waals surface area contributed by atoms with Crippen LogP contribution in [0, 0.1) is 0 Å². The lowest BCUT2D eigenvalue weighted by atomic mass is 10.3. The summed E-state index contributed by atoms with van der Waals surface area (Å²) in [5.41, 5.74) is 0.414. The van der Waals surface area contributed by atoms with Gasteiger partial charge in [0.1, 0.15) is 6.54 Å². The Kier molecular flexibility index (Phi) is 7.23. The number of rotatable bonds is 8. The number of carbonyl (C=O) groups is 1. The predicted octanol–water partition coefficient (Wildman–Crippen LogP) is 3.21. The van der Waals surface area contributed by atoms with Crippen LogP contribution in [0.1, 0.15) is 13.3 Å². The Hall–Kier alpha value is -1.17. The van der Waals surface area contributed by atoms with Crippen molar-refractivity contribution in [1.29, 1.82) is 0 Å². The van der Waals surface area contributed by atoms with Gasteiger partial charge in [0, 0.05) is 10.2 Å². The molecule has 0 spiro atoms. The van der Waals surface area contributed by atoms with Crippen LogP contribution in [0.15, 0.2) is 33.1 Å². The zero-order valence-corrected chi connectivity index (χ0v) is 17.6. The van der Waals surface area contributed by atoms with Gasteiger partial charge < -0.3 is 0 Å². The number of amides is 1. The molecule has 2 aromatic rings. The fraction of sp³-hybridized carbons (Fsp3) is 0.357. The van der Waals surface area contributed by atoms with Gasteiger partial charge in [0.25, 0.3) is 0 Å². The first-order chi connectivity index (χ1) is 11.8. The van der Waals surface area contributed by atoms with Crippen LogP contribution >= 0.6 is 39.0 Å². The van der Waals surface area contributed by atoms with E-state index < -0.39 is 15.9 Å². The molecule has 0 aliphatic heterocycles. The van der Waals surface area contributed by atoms with Gasteiger partial charge in [-0.2, -0.15) is 0 Å². The van der Waals surface area contributed by atoms with Crippen LogP contribution in [0.4, 0.5) is 10.8 Å². The number of anilines is 2. The minimum Gasteiger partial charge on any atom is -0.299 e. The average molecular weight is 465 g/mol. The third-order valence-corrected chi connectivity index (χ3v) is 6.73. The molecule has 11 heteroatoms. The molecule has 0 aliphatic carbocycles. The summed E-state index contributed by atoms with van der Waals surface area (Å²) in [4.78, 5) is 12.2. The third kappa shape index (κ3) is 6.24. The van der Waals surface area contributed by atoms with Crippen LogP contribution in [-0.4, -0.2) is 43.1 Å². The minimum atomic E-state index is -3.60. The highest BCUT2D eigenvalue weighted by Gasteiger charge is 2.21. The van der Waals surface area contributed by atoms with E-state index in [1.807, 2.05) is 0 Å². The van der Waals surface area contributed by atoms with Crippen LogP contribution < -0.4 is 9.62 Å². The summed E-state index contributed by atoms with van der Waals surface area (Å²) < 4.78 is 26.7. The van der Waals surface area contributed by atoms with Crippen molar-refractivity contribution in [3.63, 3.8) is 0 Å². The van der Waals surface area contributed by atoms with Crippen molar-refractivity contribution in [1.82, 2.24) is 10.2 Å². The number of nitrogens with zero attached hydrogens (tertiary/aromatic N) is 3. The molecule has 1 amide bonds. The summed E-state index contributed by atoms with van der Waals surface area (Å²) in [6.07, 6.45) is 2.08. The van der Waals surface area contributed by atoms with Gasteiger partial charge in [0.2, 0.25) is 21.1 Å². The summed E-state index contributed by atoms with van der Waals surface area (Å²) in [6.45, 7) is 1.73. The quantitative estimate of drug-likeness (QED) is 0.476. The topological polar surface area (TPSA) is 92.3 Å². The number of carbonyl (C=O) groups excluding carboxylic acids is 1. The van der Waals surface area contributed by atoms with Gasteiger partial charge in [0.05, 0.1) is 11.9 Å². The Bertz CT molecular complexity index is 824. The Balaban J connectivity index is 2.07.